The second kappa shape index (κ2) is 4.80. The lowest BCUT2D eigenvalue weighted by molar-refractivity contribution is 0.0687. The number of aromatic carboxylic acids is 1. The minimum Gasteiger partial charge on any atom is -0.476 e. The average molecular weight is 251 g/mol. The van der Waals surface area contributed by atoms with Gasteiger partial charge < -0.3 is 9.84 Å². The highest BCUT2D eigenvalue weighted by molar-refractivity contribution is 6.31. The van der Waals surface area contributed by atoms with Crippen molar-refractivity contribution >= 4 is 17.6 Å². The number of carbonyl (C=O) groups is 1. The smallest absolute Gasteiger partial charge is 0.358 e. The van der Waals surface area contributed by atoms with Crippen LogP contribution in [0, 0.1) is 0 Å². The van der Waals surface area contributed by atoms with Gasteiger partial charge in [0.25, 0.3) is 0 Å². The van der Waals surface area contributed by atoms with Crippen LogP contribution < -0.4 is 4.74 Å². The number of hydrogen-bond acceptors (Lipinski definition) is 4. The maximum Gasteiger partial charge on any atom is 0.358 e. The molecule has 0 aliphatic rings. The summed E-state index contributed by atoms with van der Waals surface area (Å²) in [6.07, 6.45) is 2.87. The van der Waals surface area contributed by atoms with E-state index in [0.717, 1.165) is 0 Å². The molecule has 0 fully saturated rings. The lowest BCUT2D eigenvalue weighted by atomic mass is 10.3. The quantitative estimate of drug-likeness (QED) is 0.907. The number of nitrogens with zero attached hydrogens (tertiary/aromatic N) is 2. The van der Waals surface area contributed by atoms with Crippen molar-refractivity contribution < 1.29 is 14.6 Å². The van der Waals surface area contributed by atoms with Gasteiger partial charge in [0, 0.05) is 12.4 Å². The Balaban J connectivity index is 2.37. The molecule has 0 bridgehead atoms. The maximum absolute atomic E-state index is 10.9. The molecule has 1 N–H and O–H groups in total. The normalized spacial score (nSPS) is 9.94. The molecule has 6 heteroatoms. The Hall–Kier alpha value is -2.14. The number of carboxylic acids is 1. The van der Waals surface area contributed by atoms with Crippen molar-refractivity contribution in [3.05, 3.63) is 47.4 Å². The fraction of sp³-hybridized carbons (Fsp3) is 0. The van der Waals surface area contributed by atoms with E-state index in [1.165, 1.54) is 18.5 Å². The molecule has 2 rings (SSSR count). The van der Waals surface area contributed by atoms with E-state index in [4.69, 9.17) is 21.4 Å². The standard InChI is InChI=1S/C11H7ClN2O3/c12-7-3-1-6-14-10(7)17-8-4-2-5-13-9(8)11(15)16/h1-6H,(H,15,16). The van der Waals surface area contributed by atoms with Crippen molar-refractivity contribution in [3.8, 4) is 11.6 Å². The lowest BCUT2D eigenvalue weighted by Crippen LogP contribution is -2.03. The van der Waals surface area contributed by atoms with Gasteiger partial charge in [0.1, 0.15) is 5.02 Å². The molecular weight excluding hydrogens is 244 g/mol. The minimum atomic E-state index is -1.17. The average Bonchev–Trinajstić information content (AvgIpc) is 2.32. The molecule has 0 saturated carbocycles. The molecular formula is C11H7ClN2O3. The van der Waals surface area contributed by atoms with Crippen LogP contribution in [-0.2, 0) is 0 Å². The van der Waals surface area contributed by atoms with E-state index in [2.05, 4.69) is 9.97 Å². The maximum atomic E-state index is 10.9. The molecule has 2 aromatic rings. The molecule has 2 aromatic heterocycles. The SMILES string of the molecule is O=C(O)c1ncccc1Oc1ncccc1Cl. The fourth-order valence-electron chi connectivity index (χ4n) is 1.18. The van der Waals surface area contributed by atoms with Gasteiger partial charge in [-0.2, -0.15) is 0 Å². The van der Waals surface area contributed by atoms with Crippen molar-refractivity contribution in [3.63, 3.8) is 0 Å². The van der Waals surface area contributed by atoms with Crippen molar-refractivity contribution in [2.24, 2.45) is 0 Å². The number of pyridine rings is 2. The first kappa shape index (κ1) is 11.3. The highest BCUT2D eigenvalue weighted by atomic mass is 35.5. The Labute approximate surface area is 102 Å². The third kappa shape index (κ3) is 2.51. The van der Waals surface area contributed by atoms with Gasteiger partial charge in [0.15, 0.2) is 11.4 Å². The monoisotopic (exact) mass is 250 g/mol. The molecule has 0 aromatic carbocycles. The largest absolute Gasteiger partial charge is 0.476 e. The van der Waals surface area contributed by atoms with Crippen LogP contribution in [0.15, 0.2) is 36.7 Å². The van der Waals surface area contributed by atoms with Gasteiger partial charge in [-0.25, -0.2) is 14.8 Å². The summed E-state index contributed by atoms with van der Waals surface area (Å²) in [7, 11) is 0. The second-order valence-electron chi connectivity index (χ2n) is 3.05. The van der Waals surface area contributed by atoms with Crippen LogP contribution in [0.1, 0.15) is 10.5 Å². The number of hydrogen-bond donors (Lipinski definition) is 1. The van der Waals surface area contributed by atoms with Gasteiger partial charge in [-0.1, -0.05) is 11.6 Å². The van der Waals surface area contributed by atoms with Crippen LogP contribution in [0.4, 0.5) is 0 Å². The van der Waals surface area contributed by atoms with Gasteiger partial charge in [-0.15, -0.1) is 0 Å². The number of carboxylic acid groups (broad SMARTS) is 1. The Kier molecular flexibility index (Phi) is 3.20. The minimum absolute atomic E-state index is 0.0978. The molecule has 0 saturated heterocycles. The molecule has 0 unspecified atom stereocenters. The van der Waals surface area contributed by atoms with Crippen LogP contribution in [0.3, 0.4) is 0 Å². The van der Waals surface area contributed by atoms with Crippen LogP contribution >= 0.6 is 11.6 Å². The fourth-order valence-corrected chi connectivity index (χ4v) is 1.34. The Bertz CT molecular complexity index is 560. The van der Waals surface area contributed by atoms with Crippen molar-refractivity contribution in [1.29, 1.82) is 0 Å². The molecule has 0 radical (unpaired) electrons. The van der Waals surface area contributed by atoms with E-state index >= 15 is 0 Å². The first-order valence-electron chi connectivity index (χ1n) is 4.65. The summed E-state index contributed by atoms with van der Waals surface area (Å²) in [5.74, 6) is -0.932. The van der Waals surface area contributed by atoms with Gasteiger partial charge in [-0.05, 0) is 24.3 Å². The summed E-state index contributed by atoms with van der Waals surface area (Å²) < 4.78 is 5.32. The molecule has 0 aliphatic carbocycles. The zero-order valence-electron chi connectivity index (χ0n) is 8.50. The van der Waals surface area contributed by atoms with E-state index in [1.807, 2.05) is 0 Å². The molecule has 0 atom stereocenters. The highest BCUT2D eigenvalue weighted by Crippen LogP contribution is 2.27. The third-order valence-corrected chi connectivity index (χ3v) is 2.19. The van der Waals surface area contributed by atoms with Gasteiger partial charge in [0.2, 0.25) is 5.88 Å². The van der Waals surface area contributed by atoms with E-state index in [0.29, 0.717) is 5.02 Å². The molecule has 86 valence electrons. The van der Waals surface area contributed by atoms with E-state index in [-0.39, 0.29) is 17.3 Å². The topological polar surface area (TPSA) is 72.3 Å². The molecule has 0 spiro atoms. The zero-order chi connectivity index (χ0) is 12.3. The summed E-state index contributed by atoms with van der Waals surface area (Å²) in [5, 5.41) is 9.22. The Morgan fingerprint density at radius 3 is 2.65 bits per heavy atom. The predicted molar refractivity (Wildman–Crippen MR) is 60.5 cm³/mol. The number of rotatable bonds is 3. The van der Waals surface area contributed by atoms with Crippen LogP contribution in [-0.4, -0.2) is 21.0 Å². The van der Waals surface area contributed by atoms with Gasteiger partial charge in [0.05, 0.1) is 0 Å². The molecule has 0 amide bonds. The number of aromatic nitrogens is 2. The van der Waals surface area contributed by atoms with Crippen molar-refractivity contribution in [1.82, 2.24) is 9.97 Å². The van der Waals surface area contributed by atoms with E-state index in [9.17, 15) is 4.79 Å². The zero-order valence-corrected chi connectivity index (χ0v) is 9.26. The number of ether oxygens (including phenoxy) is 1. The molecule has 5 nitrogen and oxygen atoms in total. The molecule has 17 heavy (non-hydrogen) atoms. The Morgan fingerprint density at radius 2 is 1.94 bits per heavy atom. The first-order valence-corrected chi connectivity index (χ1v) is 5.03. The first-order chi connectivity index (χ1) is 8.18. The van der Waals surface area contributed by atoms with Crippen molar-refractivity contribution in [2.75, 3.05) is 0 Å². The van der Waals surface area contributed by atoms with Crippen LogP contribution in [0.2, 0.25) is 5.02 Å². The van der Waals surface area contributed by atoms with E-state index in [1.54, 1.807) is 18.2 Å². The predicted octanol–water partition coefficient (Wildman–Crippen LogP) is 2.62. The Morgan fingerprint density at radius 1 is 1.24 bits per heavy atom. The van der Waals surface area contributed by atoms with Gasteiger partial charge in [-0.3, -0.25) is 0 Å². The third-order valence-electron chi connectivity index (χ3n) is 1.90. The second-order valence-corrected chi connectivity index (χ2v) is 3.45. The summed E-state index contributed by atoms with van der Waals surface area (Å²) in [6, 6.07) is 6.30. The summed E-state index contributed by atoms with van der Waals surface area (Å²) in [5.41, 5.74) is -0.186. The summed E-state index contributed by atoms with van der Waals surface area (Å²) in [4.78, 5) is 18.5. The summed E-state index contributed by atoms with van der Waals surface area (Å²) in [6.45, 7) is 0. The number of halogens is 1. The van der Waals surface area contributed by atoms with E-state index < -0.39 is 5.97 Å². The molecule has 0 aliphatic heterocycles. The van der Waals surface area contributed by atoms with Gasteiger partial charge >= 0.3 is 5.97 Å². The highest BCUT2D eigenvalue weighted by Gasteiger charge is 2.14. The van der Waals surface area contributed by atoms with Crippen LogP contribution in [0.25, 0.3) is 0 Å². The van der Waals surface area contributed by atoms with Crippen LogP contribution in [0.5, 0.6) is 11.6 Å². The van der Waals surface area contributed by atoms with Crippen molar-refractivity contribution in [2.45, 2.75) is 0 Å². The molecule has 2 heterocycles. The lowest BCUT2D eigenvalue weighted by Gasteiger charge is -2.07. The summed E-state index contributed by atoms with van der Waals surface area (Å²) >= 11 is 5.85.